The number of rotatable bonds is 6. The molecule has 0 aliphatic heterocycles. The molecule has 0 saturated carbocycles. The van der Waals surface area contributed by atoms with E-state index < -0.39 is 37.2 Å². The van der Waals surface area contributed by atoms with Crippen LogP contribution in [0, 0.1) is 17.0 Å². The van der Waals surface area contributed by atoms with Gasteiger partial charge in [0, 0.05) is 11.8 Å². The largest absolute Gasteiger partial charge is 0.502 e. The van der Waals surface area contributed by atoms with Gasteiger partial charge in [-0.25, -0.2) is 8.42 Å². The number of aryl methyl sites for hydroxylation is 1. The number of nitro groups is 1. The summed E-state index contributed by atoms with van der Waals surface area (Å²) in [5.74, 6) is -1.19. The van der Waals surface area contributed by atoms with E-state index in [4.69, 9.17) is 0 Å². The van der Waals surface area contributed by atoms with Gasteiger partial charge in [-0.15, -0.1) is 0 Å². The number of hydrogen-bond donors (Lipinski definition) is 3. The van der Waals surface area contributed by atoms with Gasteiger partial charge >= 0.3 is 5.69 Å². The summed E-state index contributed by atoms with van der Waals surface area (Å²) in [7, 11) is -4.27. The lowest BCUT2D eigenvalue weighted by molar-refractivity contribution is -0.386. The minimum absolute atomic E-state index is 0.00150. The monoisotopic (exact) mass is 427 g/mol. The highest BCUT2D eigenvalue weighted by molar-refractivity contribution is 7.92. The summed E-state index contributed by atoms with van der Waals surface area (Å²) < 4.78 is 27.7. The first-order valence-corrected chi connectivity index (χ1v) is 10.1. The Morgan fingerprint density at radius 1 is 1.03 bits per heavy atom. The number of benzene rings is 3. The SMILES string of the molecule is Cc1cccc(NC(=O)c2ccccc2NS(=O)(=O)c2ccc(O)c([N+](=O)[O-])c2)c1. The van der Waals surface area contributed by atoms with Gasteiger partial charge in [0.05, 0.1) is 21.1 Å². The molecular formula is C20H17N3O6S. The van der Waals surface area contributed by atoms with Crippen LogP contribution in [0.3, 0.4) is 0 Å². The second kappa shape index (κ2) is 8.21. The van der Waals surface area contributed by atoms with E-state index in [9.17, 15) is 28.4 Å². The van der Waals surface area contributed by atoms with E-state index in [1.807, 2.05) is 13.0 Å². The number of carbonyl (C=O) groups excluding carboxylic acids is 1. The fourth-order valence-corrected chi connectivity index (χ4v) is 3.81. The maximum absolute atomic E-state index is 12.7. The maximum Gasteiger partial charge on any atom is 0.312 e. The van der Waals surface area contributed by atoms with Crippen LogP contribution in [-0.2, 0) is 10.0 Å². The van der Waals surface area contributed by atoms with Gasteiger partial charge in [0.25, 0.3) is 15.9 Å². The summed E-state index contributed by atoms with van der Waals surface area (Å²) in [4.78, 5) is 22.3. The molecule has 0 fully saturated rings. The third kappa shape index (κ3) is 4.55. The van der Waals surface area contributed by atoms with Gasteiger partial charge in [0.2, 0.25) is 0 Å². The maximum atomic E-state index is 12.7. The third-order valence-electron chi connectivity index (χ3n) is 4.15. The van der Waals surface area contributed by atoms with Crippen LogP contribution in [0.1, 0.15) is 15.9 Å². The number of aromatic hydroxyl groups is 1. The Bertz CT molecular complexity index is 1240. The first-order chi connectivity index (χ1) is 14.2. The number of para-hydroxylation sites is 1. The second-order valence-electron chi connectivity index (χ2n) is 6.38. The molecule has 30 heavy (non-hydrogen) atoms. The molecule has 0 unspecified atom stereocenters. The Labute approximate surface area is 172 Å². The zero-order valence-corrected chi connectivity index (χ0v) is 16.5. The van der Waals surface area contributed by atoms with Crippen molar-refractivity contribution in [3.05, 3.63) is 88.0 Å². The minimum atomic E-state index is -4.27. The van der Waals surface area contributed by atoms with Gasteiger partial charge in [-0.1, -0.05) is 24.3 Å². The number of hydrogen-bond acceptors (Lipinski definition) is 6. The van der Waals surface area contributed by atoms with Crippen molar-refractivity contribution in [2.75, 3.05) is 10.0 Å². The van der Waals surface area contributed by atoms with Crippen LogP contribution >= 0.6 is 0 Å². The lowest BCUT2D eigenvalue weighted by atomic mass is 10.1. The Hall–Kier alpha value is -3.92. The molecule has 0 saturated heterocycles. The quantitative estimate of drug-likeness (QED) is 0.405. The molecule has 0 aliphatic rings. The Kier molecular flexibility index (Phi) is 5.70. The van der Waals surface area contributed by atoms with E-state index in [1.54, 1.807) is 30.3 Å². The average Bonchev–Trinajstić information content (AvgIpc) is 2.68. The number of phenolic OH excluding ortho intramolecular Hbond substituents is 1. The highest BCUT2D eigenvalue weighted by Gasteiger charge is 2.23. The number of sulfonamides is 1. The number of phenols is 1. The van der Waals surface area contributed by atoms with Crippen molar-refractivity contribution in [2.45, 2.75) is 11.8 Å². The normalized spacial score (nSPS) is 11.0. The van der Waals surface area contributed by atoms with Crippen LogP contribution in [-0.4, -0.2) is 24.4 Å². The highest BCUT2D eigenvalue weighted by Crippen LogP contribution is 2.29. The summed E-state index contributed by atoms with van der Waals surface area (Å²) in [6.45, 7) is 1.87. The van der Waals surface area contributed by atoms with Crippen molar-refractivity contribution in [3.63, 3.8) is 0 Å². The van der Waals surface area contributed by atoms with Crippen LogP contribution in [0.2, 0.25) is 0 Å². The summed E-state index contributed by atoms with van der Waals surface area (Å²) in [6.07, 6.45) is 0. The van der Waals surface area contributed by atoms with Gasteiger partial charge in [-0.2, -0.15) is 0 Å². The molecule has 0 bridgehead atoms. The number of carbonyl (C=O) groups is 1. The number of anilines is 2. The molecule has 10 heteroatoms. The summed E-state index contributed by atoms with van der Waals surface area (Å²) in [5, 5.41) is 23.2. The third-order valence-corrected chi connectivity index (χ3v) is 5.51. The number of nitro benzene ring substituents is 1. The topological polar surface area (TPSA) is 139 Å². The first-order valence-electron chi connectivity index (χ1n) is 8.64. The van der Waals surface area contributed by atoms with E-state index in [2.05, 4.69) is 10.0 Å². The van der Waals surface area contributed by atoms with E-state index in [1.165, 1.54) is 12.1 Å². The average molecular weight is 427 g/mol. The Morgan fingerprint density at radius 2 is 1.77 bits per heavy atom. The molecule has 0 radical (unpaired) electrons. The minimum Gasteiger partial charge on any atom is -0.502 e. The van der Waals surface area contributed by atoms with Gasteiger partial charge in [0.15, 0.2) is 5.75 Å². The standard InChI is InChI=1S/C20H17N3O6S/c1-13-5-4-6-14(11-13)21-20(25)16-7-2-3-8-17(16)22-30(28,29)15-9-10-19(24)18(12-15)23(26)27/h2-12,22,24H,1H3,(H,21,25). The van der Waals surface area contributed by atoms with E-state index in [0.717, 1.165) is 23.8 Å². The number of nitrogens with zero attached hydrogens (tertiary/aromatic N) is 1. The van der Waals surface area contributed by atoms with Gasteiger partial charge in [-0.05, 0) is 48.9 Å². The summed E-state index contributed by atoms with van der Waals surface area (Å²) >= 11 is 0. The fourth-order valence-electron chi connectivity index (χ4n) is 2.71. The van der Waals surface area contributed by atoms with E-state index in [-0.39, 0.29) is 11.3 Å². The van der Waals surface area contributed by atoms with E-state index >= 15 is 0 Å². The van der Waals surface area contributed by atoms with Crippen molar-refractivity contribution in [1.29, 1.82) is 0 Å². The van der Waals surface area contributed by atoms with Crippen molar-refractivity contribution in [3.8, 4) is 5.75 Å². The molecular weight excluding hydrogens is 410 g/mol. The van der Waals surface area contributed by atoms with Crippen molar-refractivity contribution >= 4 is 33.0 Å². The van der Waals surface area contributed by atoms with Gasteiger partial charge in [0.1, 0.15) is 0 Å². The lowest BCUT2D eigenvalue weighted by Crippen LogP contribution is -2.18. The van der Waals surface area contributed by atoms with Crippen LogP contribution in [0.4, 0.5) is 17.1 Å². The molecule has 0 spiro atoms. The molecule has 0 aromatic heterocycles. The zero-order valence-electron chi connectivity index (χ0n) is 15.7. The van der Waals surface area contributed by atoms with Crippen molar-refractivity contribution in [1.82, 2.24) is 0 Å². The lowest BCUT2D eigenvalue weighted by Gasteiger charge is -2.13. The summed E-state index contributed by atoms with van der Waals surface area (Å²) in [6, 6.07) is 15.8. The van der Waals surface area contributed by atoms with Crippen LogP contribution in [0.25, 0.3) is 0 Å². The predicted molar refractivity (Wildman–Crippen MR) is 111 cm³/mol. The van der Waals surface area contributed by atoms with Crippen LogP contribution in [0.5, 0.6) is 5.75 Å². The highest BCUT2D eigenvalue weighted by atomic mass is 32.2. The fraction of sp³-hybridized carbons (Fsp3) is 0.0500. The molecule has 3 rings (SSSR count). The molecule has 1 amide bonds. The van der Waals surface area contributed by atoms with Gasteiger partial charge < -0.3 is 10.4 Å². The van der Waals surface area contributed by atoms with Crippen molar-refractivity contribution in [2.24, 2.45) is 0 Å². The predicted octanol–water partition coefficient (Wildman–Crippen LogP) is 3.66. The smallest absolute Gasteiger partial charge is 0.312 e. The number of amides is 1. The molecule has 0 atom stereocenters. The molecule has 0 aliphatic carbocycles. The summed E-state index contributed by atoms with van der Waals surface area (Å²) in [5.41, 5.74) is 0.806. The van der Waals surface area contributed by atoms with Gasteiger partial charge in [-0.3, -0.25) is 19.6 Å². The zero-order chi connectivity index (χ0) is 21.9. The van der Waals surface area contributed by atoms with Crippen LogP contribution in [0.15, 0.2) is 71.6 Å². The second-order valence-corrected chi connectivity index (χ2v) is 8.06. The molecule has 0 heterocycles. The molecule has 154 valence electrons. The molecule has 3 N–H and O–H groups in total. The molecule has 3 aromatic carbocycles. The Morgan fingerprint density at radius 3 is 2.47 bits per heavy atom. The first kappa shape index (κ1) is 20.8. The Balaban J connectivity index is 1.91. The molecule has 3 aromatic rings. The molecule has 9 nitrogen and oxygen atoms in total. The van der Waals surface area contributed by atoms with Crippen LogP contribution < -0.4 is 10.0 Å². The van der Waals surface area contributed by atoms with E-state index in [0.29, 0.717) is 5.69 Å². The number of nitrogens with one attached hydrogen (secondary N) is 2. The van der Waals surface area contributed by atoms with Crippen molar-refractivity contribution < 1.29 is 23.2 Å².